The summed E-state index contributed by atoms with van der Waals surface area (Å²) in [7, 11) is 0. The molecule has 1 atom stereocenters. The number of aromatic nitrogens is 1. The van der Waals surface area contributed by atoms with Gasteiger partial charge in [0.2, 0.25) is 0 Å². The quantitative estimate of drug-likeness (QED) is 0.383. The van der Waals surface area contributed by atoms with Crippen LogP contribution in [0, 0.1) is 6.92 Å². The second-order valence-corrected chi connectivity index (χ2v) is 7.60. The molecule has 2 aromatic heterocycles. The van der Waals surface area contributed by atoms with Gasteiger partial charge in [-0.15, -0.1) is 0 Å². The van der Waals surface area contributed by atoms with Crippen molar-refractivity contribution in [3.8, 4) is 11.5 Å². The van der Waals surface area contributed by atoms with Gasteiger partial charge in [0, 0.05) is 24.5 Å². The van der Waals surface area contributed by atoms with E-state index in [0.717, 1.165) is 5.56 Å². The molecule has 8 nitrogen and oxygen atoms in total. The van der Waals surface area contributed by atoms with Crippen LogP contribution >= 0.6 is 0 Å². The molecule has 162 valence electrons. The van der Waals surface area contributed by atoms with Crippen LogP contribution < -0.4 is 9.47 Å². The van der Waals surface area contributed by atoms with Crippen molar-refractivity contribution in [3.05, 3.63) is 83.1 Å². The van der Waals surface area contributed by atoms with E-state index < -0.39 is 17.7 Å². The molecule has 2 aliphatic heterocycles. The minimum atomic E-state index is -0.878. The minimum absolute atomic E-state index is 0.0371. The Hall–Kier alpha value is -4.07. The molecule has 4 heterocycles. The van der Waals surface area contributed by atoms with Gasteiger partial charge >= 0.3 is 0 Å². The summed E-state index contributed by atoms with van der Waals surface area (Å²) in [5.41, 5.74) is 1.06. The standard InChI is InChI=1S/C24H20N2O6/c1-14-4-6-18(32-14)21-20(22(27)16-5-7-17-19(11-16)31-10-9-30-17)23(28)24(29)26(21)13-15-3-2-8-25-12-15/h2-8,11-12,21,27H,9-10,13H2,1H3/b22-20+/t21-/m1/s1. The van der Waals surface area contributed by atoms with Crippen molar-refractivity contribution < 1.29 is 28.6 Å². The first kappa shape index (κ1) is 19.9. The van der Waals surface area contributed by atoms with Gasteiger partial charge in [0.1, 0.15) is 36.5 Å². The van der Waals surface area contributed by atoms with Crippen molar-refractivity contribution in [2.45, 2.75) is 19.5 Å². The van der Waals surface area contributed by atoms with Crippen molar-refractivity contribution >= 4 is 17.4 Å². The summed E-state index contributed by atoms with van der Waals surface area (Å²) in [6, 6.07) is 11.1. The van der Waals surface area contributed by atoms with Gasteiger partial charge in [0.15, 0.2) is 11.5 Å². The van der Waals surface area contributed by atoms with Gasteiger partial charge in [-0.1, -0.05) is 6.07 Å². The second kappa shape index (κ2) is 7.88. The van der Waals surface area contributed by atoms with Gasteiger partial charge in [0.05, 0.1) is 5.57 Å². The molecular formula is C24H20N2O6. The Labute approximate surface area is 183 Å². The number of furan rings is 1. The highest BCUT2D eigenvalue weighted by Gasteiger charge is 2.47. The molecule has 0 saturated carbocycles. The molecule has 0 unspecified atom stereocenters. The summed E-state index contributed by atoms with van der Waals surface area (Å²) >= 11 is 0. The van der Waals surface area contributed by atoms with Gasteiger partial charge in [0.25, 0.3) is 11.7 Å². The van der Waals surface area contributed by atoms with Crippen molar-refractivity contribution in [2.24, 2.45) is 0 Å². The van der Waals surface area contributed by atoms with E-state index in [1.165, 1.54) is 4.90 Å². The van der Waals surface area contributed by atoms with Gasteiger partial charge in [-0.05, 0) is 48.9 Å². The highest BCUT2D eigenvalue weighted by atomic mass is 16.6. The highest BCUT2D eigenvalue weighted by molar-refractivity contribution is 6.46. The smallest absolute Gasteiger partial charge is 0.296 e. The molecule has 1 amide bonds. The number of rotatable bonds is 4. The Morgan fingerprint density at radius 1 is 1.12 bits per heavy atom. The van der Waals surface area contributed by atoms with E-state index in [1.54, 1.807) is 55.7 Å². The minimum Gasteiger partial charge on any atom is -0.507 e. The first-order chi connectivity index (χ1) is 15.5. The monoisotopic (exact) mass is 432 g/mol. The average Bonchev–Trinajstić information content (AvgIpc) is 3.35. The molecule has 1 aromatic carbocycles. The predicted octanol–water partition coefficient (Wildman–Crippen LogP) is 3.38. The van der Waals surface area contributed by atoms with Gasteiger partial charge in [-0.3, -0.25) is 14.6 Å². The van der Waals surface area contributed by atoms with Crippen LogP contribution in [0.3, 0.4) is 0 Å². The Morgan fingerprint density at radius 3 is 2.66 bits per heavy atom. The zero-order valence-corrected chi connectivity index (χ0v) is 17.3. The molecule has 1 saturated heterocycles. The largest absolute Gasteiger partial charge is 0.507 e. The number of fused-ring (bicyclic) bond motifs is 1. The van der Waals surface area contributed by atoms with E-state index >= 15 is 0 Å². The number of aliphatic hydroxyl groups excluding tert-OH is 1. The first-order valence-corrected chi connectivity index (χ1v) is 10.2. The zero-order valence-electron chi connectivity index (χ0n) is 17.3. The normalized spacial score (nSPS) is 19.4. The molecule has 1 fully saturated rings. The summed E-state index contributed by atoms with van der Waals surface area (Å²) in [6.07, 6.45) is 3.26. The fourth-order valence-corrected chi connectivity index (χ4v) is 3.97. The van der Waals surface area contributed by atoms with Crippen LogP contribution in [-0.2, 0) is 16.1 Å². The van der Waals surface area contributed by atoms with E-state index in [0.29, 0.717) is 41.8 Å². The number of pyridine rings is 1. The molecule has 1 N–H and O–H groups in total. The summed E-state index contributed by atoms with van der Waals surface area (Å²) < 4.78 is 16.9. The number of hydrogen-bond acceptors (Lipinski definition) is 7. The van der Waals surface area contributed by atoms with Crippen LogP contribution in [0.5, 0.6) is 11.5 Å². The maximum atomic E-state index is 13.1. The predicted molar refractivity (Wildman–Crippen MR) is 113 cm³/mol. The summed E-state index contributed by atoms with van der Waals surface area (Å²) in [4.78, 5) is 31.6. The lowest BCUT2D eigenvalue weighted by Crippen LogP contribution is -2.29. The van der Waals surface area contributed by atoms with Crippen LogP contribution in [0.25, 0.3) is 5.76 Å². The number of aryl methyl sites for hydroxylation is 1. The fourth-order valence-electron chi connectivity index (χ4n) is 3.97. The van der Waals surface area contributed by atoms with Gasteiger partial charge in [-0.25, -0.2) is 0 Å². The maximum absolute atomic E-state index is 13.1. The number of ether oxygens (including phenoxy) is 2. The lowest BCUT2D eigenvalue weighted by atomic mass is 9.99. The van der Waals surface area contributed by atoms with E-state index in [2.05, 4.69) is 4.98 Å². The Kier molecular flexibility index (Phi) is 4.89. The Bertz CT molecular complexity index is 1230. The van der Waals surface area contributed by atoms with Gasteiger partial charge < -0.3 is 23.9 Å². The van der Waals surface area contributed by atoms with Crippen LogP contribution in [-0.4, -0.2) is 39.9 Å². The lowest BCUT2D eigenvalue weighted by Gasteiger charge is -2.23. The van der Waals surface area contributed by atoms with Crippen LogP contribution in [0.15, 0.2) is 64.8 Å². The topological polar surface area (TPSA) is 102 Å². The molecule has 0 bridgehead atoms. The van der Waals surface area contributed by atoms with Crippen LogP contribution in [0.2, 0.25) is 0 Å². The zero-order chi connectivity index (χ0) is 22.2. The number of nitrogens with zero attached hydrogens (tertiary/aromatic N) is 2. The molecule has 2 aliphatic rings. The summed E-state index contributed by atoms with van der Waals surface area (Å²) in [5.74, 6) is 0.259. The van der Waals surface area contributed by atoms with Crippen molar-refractivity contribution in [1.82, 2.24) is 9.88 Å². The van der Waals surface area contributed by atoms with E-state index in [1.807, 2.05) is 6.07 Å². The number of amides is 1. The number of carbonyl (C=O) groups excluding carboxylic acids is 2. The second-order valence-electron chi connectivity index (χ2n) is 7.60. The van der Waals surface area contributed by atoms with Crippen LogP contribution in [0.4, 0.5) is 0 Å². The third-order valence-corrected chi connectivity index (χ3v) is 5.46. The molecule has 32 heavy (non-hydrogen) atoms. The van der Waals surface area contributed by atoms with Crippen molar-refractivity contribution in [1.29, 1.82) is 0 Å². The molecular weight excluding hydrogens is 412 g/mol. The Balaban J connectivity index is 1.62. The van der Waals surface area contributed by atoms with Crippen molar-refractivity contribution in [2.75, 3.05) is 13.2 Å². The molecule has 0 radical (unpaired) electrons. The summed E-state index contributed by atoms with van der Waals surface area (Å²) in [5, 5.41) is 11.2. The number of likely N-dealkylation sites (tertiary alicyclic amines) is 1. The number of aliphatic hydroxyl groups is 1. The van der Waals surface area contributed by atoms with Gasteiger partial charge in [-0.2, -0.15) is 0 Å². The first-order valence-electron chi connectivity index (χ1n) is 10.2. The average molecular weight is 432 g/mol. The third-order valence-electron chi connectivity index (χ3n) is 5.46. The number of benzene rings is 1. The molecule has 0 spiro atoms. The summed E-state index contributed by atoms with van der Waals surface area (Å²) in [6.45, 7) is 2.74. The highest BCUT2D eigenvalue weighted by Crippen LogP contribution is 2.42. The van der Waals surface area contributed by atoms with E-state index in [9.17, 15) is 14.7 Å². The number of Topliss-reactive ketones (excluding diaryl/α,β-unsaturated/α-hetero) is 1. The molecule has 8 heteroatoms. The van der Waals surface area contributed by atoms with E-state index in [-0.39, 0.29) is 17.9 Å². The van der Waals surface area contributed by atoms with E-state index in [4.69, 9.17) is 13.9 Å². The van der Waals surface area contributed by atoms with Crippen LogP contribution in [0.1, 0.15) is 28.7 Å². The molecule has 3 aromatic rings. The molecule has 5 rings (SSSR count). The lowest BCUT2D eigenvalue weighted by molar-refractivity contribution is -0.140. The molecule has 0 aliphatic carbocycles. The maximum Gasteiger partial charge on any atom is 0.296 e. The van der Waals surface area contributed by atoms with Crippen molar-refractivity contribution in [3.63, 3.8) is 0 Å². The number of hydrogen-bond donors (Lipinski definition) is 1. The fraction of sp³-hybridized carbons (Fsp3) is 0.208. The SMILES string of the molecule is Cc1ccc([C@@H]2/C(=C(\O)c3ccc4c(c3)OCCO4)C(=O)C(=O)N2Cc2cccnc2)o1. The number of ketones is 1. The third kappa shape index (κ3) is 3.39. The Morgan fingerprint density at radius 2 is 1.94 bits per heavy atom. The number of carbonyl (C=O) groups is 2.